The maximum Gasteiger partial charge on any atom is 0.277 e. The number of rotatable bonds is 3. The first-order valence-corrected chi connectivity index (χ1v) is 14.0. The minimum Gasteiger partial charge on any atom is -0.482 e. The van der Waals surface area contributed by atoms with E-state index in [2.05, 4.69) is 4.98 Å². The molecule has 5 heterocycles. The van der Waals surface area contributed by atoms with Crippen molar-refractivity contribution in [2.24, 2.45) is 10.9 Å². The summed E-state index contributed by atoms with van der Waals surface area (Å²) in [4.78, 5) is 36.0. The van der Waals surface area contributed by atoms with Crippen LogP contribution in [-0.2, 0) is 18.4 Å². The number of hydrogen-bond acceptors (Lipinski definition) is 6. The Labute approximate surface area is 235 Å². The van der Waals surface area contributed by atoms with E-state index in [1.54, 1.807) is 42.8 Å². The van der Waals surface area contributed by atoms with E-state index in [4.69, 9.17) is 21.3 Å². The Morgan fingerprint density at radius 3 is 2.77 bits per heavy atom. The summed E-state index contributed by atoms with van der Waals surface area (Å²) in [5.74, 6) is 0.290. The lowest BCUT2D eigenvalue weighted by molar-refractivity contribution is 0.0768. The van der Waals surface area contributed by atoms with E-state index < -0.39 is 17.3 Å². The second-order valence-corrected chi connectivity index (χ2v) is 11.5. The van der Waals surface area contributed by atoms with Crippen molar-refractivity contribution in [1.29, 1.82) is 0 Å². The molecule has 208 valence electrons. The Morgan fingerprint density at radius 2 is 1.98 bits per heavy atom. The molecule has 0 amide bonds. The normalized spacial score (nSPS) is 20.4. The van der Waals surface area contributed by atoms with Crippen LogP contribution in [0.3, 0.4) is 0 Å². The molecule has 0 aromatic carbocycles. The lowest BCUT2D eigenvalue weighted by atomic mass is 9.92. The fraction of sp³-hybridized carbons (Fsp3) is 0.400. The number of aliphatic imine (C=N–C) groups is 1. The summed E-state index contributed by atoms with van der Waals surface area (Å²) in [6, 6.07) is 6.59. The highest BCUT2D eigenvalue weighted by Crippen LogP contribution is 2.38. The highest BCUT2D eigenvalue weighted by atomic mass is 35.5. The van der Waals surface area contributed by atoms with Gasteiger partial charge in [0.25, 0.3) is 11.1 Å². The molecule has 10 heteroatoms. The zero-order valence-corrected chi connectivity index (χ0v) is 23.1. The molecule has 0 fully saturated rings. The first kappa shape index (κ1) is 26.7. The Bertz CT molecular complexity index is 1680. The van der Waals surface area contributed by atoms with E-state index in [0.717, 1.165) is 36.2 Å². The summed E-state index contributed by atoms with van der Waals surface area (Å²) in [5, 5.41) is 10.4. The summed E-state index contributed by atoms with van der Waals surface area (Å²) in [7, 11) is 0. The van der Waals surface area contributed by atoms with E-state index in [1.165, 1.54) is 16.8 Å². The van der Waals surface area contributed by atoms with Gasteiger partial charge >= 0.3 is 0 Å². The number of pyridine rings is 3. The van der Waals surface area contributed by atoms with E-state index >= 15 is 0 Å². The molecule has 2 atom stereocenters. The van der Waals surface area contributed by atoms with Crippen molar-refractivity contribution in [1.82, 2.24) is 14.1 Å². The van der Waals surface area contributed by atoms with Crippen LogP contribution in [-0.4, -0.2) is 31.6 Å². The number of nitrogens with zero attached hydrogens (tertiary/aromatic N) is 4. The van der Waals surface area contributed by atoms with Crippen molar-refractivity contribution in [2.75, 3.05) is 6.54 Å². The lowest BCUT2D eigenvalue weighted by Crippen LogP contribution is -2.37. The van der Waals surface area contributed by atoms with Crippen molar-refractivity contribution >= 4 is 23.1 Å². The molecule has 6 rings (SSSR count). The molecule has 8 nitrogen and oxygen atoms in total. The molecule has 40 heavy (non-hydrogen) atoms. The molecule has 0 spiro atoms. The monoisotopic (exact) mass is 564 g/mol. The van der Waals surface area contributed by atoms with Gasteiger partial charge in [-0.25, -0.2) is 4.39 Å². The summed E-state index contributed by atoms with van der Waals surface area (Å²) >= 11 is 6.66. The SMILES string of the molecule is CC(C)(O)c1cccn(C2=NC[C@@H]3CCCCc4cc(OC5CCc6cc(F)cnc65)c(Cl)c(=O)n4C3=C2)c1=O. The predicted molar refractivity (Wildman–Crippen MR) is 151 cm³/mol. The lowest BCUT2D eigenvalue weighted by Gasteiger charge is -2.30. The van der Waals surface area contributed by atoms with Crippen molar-refractivity contribution < 1.29 is 14.2 Å². The molecule has 3 aliphatic rings. The molecule has 1 aliphatic carbocycles. The number of aryl methyl sites for hydroxylation is 2. The first-order chi connectivity index (χ1) is 19.1. The van der Waals surface area contributed by atoms with Gasteiger partial charge in [-0.3, -0.25) is 28.7 Å². The maximum atomic E-state index is 13.8. The molecule has 1 N–H and O–H groups in total. The Balaban J connectivity index is 1.41. The molecular weight excluding hydrogens is 535 g/mol. The van der Waals surface area contributed by atoms with Gasteiger partial charge in [-0.05, 0) is 69.7 Å². The van der Waals surface area contributed by atoms with Crippen molar-refractivity contribution in [3.05, 3.63) is 96.8 Å². The van der Waals surface area contributed by atoms with Gasteiger partial charge in [0, 0.05) is 47.8 Å². The Hall–Kier alpha value is -3.56. The fourth-order valence-electron chi connectivity index (χ4n) is 5.90. The van der Waals surface area contributed by atoms with E-state index in [9.17, 15) is 19.1 Å². The standard InChI is InChI=1S/C30H30ClFN4O4/c1-30(2,39)21-8-5-11-35(28(21)37)25-14-22-18(15-33-25)6-3-4-7-20-13-24(26(31)29(38)36(20)22)40-23-10-9-17-12-19(32)16-34-27(17)23/h5,8,11-14,16,18,23,39H,3-4,6-7,9-10,15H2,1-2H3/t18-,23?/m0/s1. The van der Waals surface area contributed by atoms with Gasteiger partial charge < -0.3 is 9.84 Å². The number of aromatic nitrogens is 3. The summed E-state index contributed by atoms with van der Waals surface area (Å²) in [6.07, 6.45) is 8.76. The summed E-state index contributed by atoms with van der Waals surface area (Å²) in [5.41, 5.74) is 1.15. The summed E-state index contributed by atoms with van der Waals surface area (Å²) in [6.45, 7) is 3.55. The van der Waals surface area contributed by atoms with Crippen molar-refractivity contribution in [3.8, 4) is 5.75 Å². The largest absolute Gasteiger partial charge is 0.482 e. The van der Waals surface area contributed by atoms with Gasteiger partial charge in [-0.2, -0.15) is 0 Å². The zero-order valence-electron chi connectivity index (χ0n) is 22.4. The number of ether oxygens (including phenoxy) is 1. The average molecular weight is 565 g/mol. The van der Waals surface area contributed by atoms with Crippen LogP contribution in [0.15, 0.2) is 57.3 Å². The minimum atomic E-state index is -1.32. The van der Waals surface area contributed by atoms with Gasteiger partial charge in [0.15, 0.2) is 0 Å². The molecule has 0 bridgehead atoms. The van der Waals surface area contributed by atoms with Crippen LogP contribution in [0.1, 0.15) is 68.1 Å². The quantitative estimate of drug-likeness (QED) is 0.500. The van der Waals surface area contributed by atoms with Crippen LogP contribution in [0.25, 0.3) is 5.70 Å². The van der Waals surface area contributed by atoms with Gasteiger partial charge in [0.2, 0.25) is 0 Å². The molecule has 2 aliphatic heterocycles. The predicted octanol–water partition coefficient (Wildman–Crippen LogP) is 4.64. The molecule has 3 aromatic rings. The number of dihydropyridines is 1. The maximum absolute atomic E-state index is 13.8. The molecular formula is C30H30ClFN4O4. The second-order valence-electron chi connectivity index (χ2n) is 11.2. The molecule has 0 saturated heterocycles. The van der Waals surface area contributed by atoms with E-state index in [0.29, 0.717) is 43.1 Å². The average Bonchev–Trinajstić information content (AvgIpc) is 3.29. The molecule has 1 unspecified atom stereocenters. The van der Waals surface area contributed by atoms with Crippen LogP contribution in [0.5, 0.6) is 5.75 Å². The topological polar surface area (TPSA) is 98.7 Å². The number of fused-ring (bicyclic) bond motifs is 4. The van der Waals surface area contributed by atoms with Crippen LogP contribution in [0.4, 0.5) is 4.39 Å². The Morgan fingerprint density at radius 1 is 1.15 bits per heavy atom. The minimum absolute atomic E-state index is 0.0164. The van der Waals surface area contributed by atoms with E-state index in [-0.39, 0.29) is 27.9 Å². The van der Waals surface area contributed by atoms with Crippen LogP contribution in [0.2, 0.25) is 5.02 Å². The fourth-order valence-corrected chi connectivity index (χ4v) is 6.08. The molecule has 0 saturated carbocycles. The number of aliphatic hydroxyl groups is 1. The zero-order chi connectivity index (χ0) is 28.2. The molecule has 0 radical (unpaired) electrons. The smallest absolute Gasteiger partial charge is 0.277 e. The third-order valence-electron chi connectivity index (χ3n) is 7.93. The highest BCUT2D eigenvalue weighted by molar-refractivity contribution is 6.31. The van der Waals surface area contributed by atoms with Crippen molar-refractivity contribution in [2.45, 2.75) is 64.1 Å². The summed E-state index contributed by atoms with van der Waals surface area (Å²) < 4.78 is 22.9. The van der Waals surface area contributed by atoms with Crippen LogP contribution >= 0.6 is 11.6 Å². The van der Waals surface area contributed by atoms with Gasteiger partial charge in [-0.1, -0.05) is 18.0 Å². The van der Waals surface area contributed by atoms with Crippen LogP contribution in [0, 0.1) is 11.7 Å². The third kappa shape index (κ3) is 4.71. The third-order valence-corrected chi connectivity index (χ3v) is 8.27. The van der Waals surface area contributed by atoms with Gasteiger partial charge in [0.05, 0.1) is 17.5 Å². The number of halogens is 2. The number of hydrogen-bond donors (Lipinski definition) is 1. The van der Waals surface area contributed by atoms with E-state index in [1.807, 2.05) is 6.07 Å². The first-order valence-electron chi connectivity index (χ1n) is 13.6. The number of allylic oxidation sites excluding steroid dienone is 1. The van der Waals surface area contributed by atoms with Crippen molar-refractivity contribution in [3.63, 3.8) is 0 Å². The van der Waals surface area contributed by atoms with Gasteiger partial charge in [-0.15, -0.1) is 0 Å². The Kier molecular flexibility index (Phi) is 6.74. The van der Waals surface area contributed by atoms with Crippen LogP contribution < -0.4 is 15.9 Å². The van der Waals surface area contributed by atoms with Gasteiger partial charge in [0.1, 0.15) is 28.5 Å². The second kappa shape index (κ2) is 10.1. The highest BCUT2D eigenvalue weighted by Gasteiger charge is 2.31. The molecule has 3 aromatic heterocycles.